The summed E-state index contributed by atoms with van der Waals surface area (Å²) in [5.41, 5.74) is 3.95. The summed E-state index contributed by atoms with van der Waals surface area (Å²) in [6.07, 6.45) is 3.13. The molecule has 0 aromatic heterocycles. The third-order valence-electron chi connectivity index (χ3n) is 6.09. The zero-order chi connectivity index (χ0) is 24.3. The van der Waals surface area contributed by atoms with Gasteiger partial charge in [0.2, 0.25) is 0 Å². The van der Waals surface area contributed by atoms with Gasteiger partial charge in [0, 0.05) is 24.3 Å². The molecule has 1 amide bonds. The van der Waals surface area contributed by atoms with Crippen molar-refractivity contribution in [1.82, 2.24) is 0 Å². The van der Waals surface area contributed by atoms with Crippen LogP contribution >= 0.6 is 11.6 Å². The van der Waals surface area contributed by atoms with E-state index >= 15 is 0 Å². The Labute approximate surface area is 206 Å². The van der Waals surface area contributed by atoms with E-state index in [2.05, 4.69) is 14.9 Å². The van der Waals surface area contributed by atoms with Crippen molar-refractivity contribution < 1.29 is 13.2 Å². The number of benzene rings is 3. The molecular formula is C26H28ClN3O3S. The lowest BCUT2D eigenvalue weighted by molar-refractivity contribution is 0.102. The van der Waals surface area contributed by atoms with Crippen LogP contribution in [-0.2, 0) is 10.0 Å². The summed E-state index contributed by atoms with van der Waals surface area (Å²) in [6.45, 7) is 5.50. The molecule has 1 aliphatic rings. The number of para-hydroxylation sites is 1. The molecule has 0 saturated carbocycles. The molecule has 178 valence electrons. The van der Waals surface area contributed by atoms with Gasteiger partial charge in [0.05, 0.1) is 16.4 Å². The first-order chi connectivity index (χ1) is 16.2. The lowest BCUT2D eigenvalue weighted by Gasteiger charge is -2.30. The summed E-state index contributed by atoms with van der Waals surface area (Å²) in [7, 11) is -3.98. The SMILES string of the molecule is Cc1ccc(C(=O)Nc2ccc(N3CCCCC3)c(S(=O)(=O)Nc3ccccc3Cl)c2)cc1C. The van der Waals surface area contributed by atoms with E-state index in [9.17, 15) is 13.2 Å². The van der Waals surface area contributed by atoms with Crippen LogP contribution in [0.1, 0.15) is 40.7 Å². The molecule has 3 aromatic rings. The molecule has 1 saturated heterocycles. The lowest BCUT2D eigenvalue weighted by Crippen LogP contribution is -2.31. The third kappa shape index (κ3) is 5.37. The molecule has 1 fully saturated rings. The fourth-order valence-corrected chi connectivity index (χ4v) is 5.60. The van der Waals surface area contributed by atoms with Crippen molar-refractivity contribution in [2.45, 2.75) is 38.0 Å². The van der Waals surface area contributed by atoms with Crippen molar-refractivity contribution >= 4 is 44.6 Å². The van der Waals surface area contributed by atoms with E-state index in [0.717, 1.165) is 43.5 Å². The van der Waals surface area contributed by atoms with Crippen molar-refractivity contribution in [3.05, 3.63) is 82.4 Å². The zero-order valence-corrected chi connectivity index (χ0v) is 20.8. The van der Waals surface area contributed by atoms with Gasteiger partial charge in [-0.3, -0.25) is 9.52 Å². The van der Waals surface area contributed by atoms with Crippen molar-refractivity contribution in [3.63, 3.8) is 0 Å². The Morgan fingerprint density at radius 3 is 2.35 bits per heavy atom. The predicted octanol–water partition coefficient (Wildman–Crippen LogP) is 6.00. The molecule has 1 heterocycles. The van der Waals surface area contributed by atoms with Crippen LogP contribution in [0.3, 0.4) is 0 Å². The number of carbonyl (C=O) groups excluding carboxylic acids is 1. The van der Waals surface area contributed by atoms with Gasteiger partial charge in [0.25, 0.3) is 15.9 Å². The Balaban J connectivity index is 1.70. The van der Waals surface area contributed by atoms with Crippen molar-refractivity contribution in [2.75, 3.05) is 28.0 Å². The summed E-state index contributed by atoms with van der Waals surface area (Å²) in [4.78, 5) is 15.0. The second-order valence-corrected chi connectivity index (χ2v) is 10.6. The second-order valence-electron chi connectivity index (χ2n) is 8.57. The van der Waals surface area contributed by atoms with E-state index in [0.29, 0.717) is 27.6 Å². The largest absolute Gasteiger partial charge is 0.370 e. The van der Waals surface area contributed by atoms with E-state index in [1.165, 1.54) is 6.07 Å². The second kappa shape index (κ2) is 10.1. The van der Waals surface area contributed by atoms with E-state index in [-0.39, 0.29) is 10.8 Å². The Morgan fingerprint density at radius 2 is 1.65 bits per heavy atom. The average Bonchev–Trinajstić information content (AvgIpc) is 2.82. The number of hydrogen-bond donors (Lipinski definition) is 2. The molecule has 0 spiro atoms. The monoisotopic (exact) mass is 497 g/mol. The minimum absolute atomic E-state index is 0.104. The zero-order valence-electron chi connectivity index (χ0n) is 19.3. The number of nitrogens with zero attached hydrogens (tertiary/aromatic N) is 1. The Hall–Kier alpha value is -3.03. The first-order valence-corrected chi connectivity index (χ1v) is 13.2. The molecule has 4 rings (SSSR count). The normalized spacial score (nSPS) is 14.0. The van der Waals surface area contributed by atoms with Crippen LogP contribution in [0.15, 0.2) is 65.6 Å². The topological polar surface area (TPSA) is 78.5 Å². The van der Waals surface area contributed by atoms with Gasteiger partial charge in [-0.1, -0.05) is 29.8 Å². The third-order valence-corrected chi connectivity index (χ3v) is 7.82. The maximum Gasteiger partial charge on any atom is 0.264 e. The number of sulfonamides is 1. The van der Waals surface area contributed by atoms with E-state index in [1.54, 1.807) is 42.5 Å². The molecular weight excluding hydrogens is 470 g/mol. The summed E-state index contributed by atoms with van der Waals surface area (Å²) in [5.74, 6) is -0.295. The van der Waals surface area contributed by atoms with Gasteiger partial charge in [-0.15, -0.1) is 0 Å². The summed E-state index contributed by atoms with van der Waals surface area (Å²) >= 11 is 6.20. The fraction of sp³-hybridized carbons (Fsp3) is 0.269. The number of anilines is 3. The highest BCUT2D eigenvalue weighted by atomic mass is 35.5. The van der Waals surface area contributed by atoms with Gasteiger partial charge in [0.1, 0.15) is 4.90 Å². The van der Waals surface area contributed by atoms with E-state index in [1.807, 2.05) is 26.0 Å². The maximum atomic E-state index is 13.5. The smallest absolute Gasteiger partial charge is 0.264 e. The minimum atomic E-state index is -3.98. The molecule has 0 aliphatic carbocycles. The van der Waals surface area contributed by atoms with Crippen LogP contribution in [0.5, 0.6) is 0 Å². The molecule has 1 aliphatic heterocycles. The van der Waals surface area contributed by atoms with Gasteiger partial charge in [-0.25, -0.2) is 8.42 Å². The Morgan fingerprint density at radius 1 is 0.912 bits per heavy atom. The van der Waals surface area contributed by atoms with Crippen LogP contribution in [0.25, 0.3) is 0 Å². The standard InChI is InChI=1S/C26H28ClN3O3S/c1-18-10-11-20(16-19(18)2)26(31)28-21-12-13-24(30-14-6-3-7-15-30)25(17-21)34(32,33)29-23-9-5-4-8-22(23)27/h4-5,8-13,16-17,29H,3,6-7,14-15H2,1-2H3,(H,28,31). The van der Waals surface area contributed by atoms with Gasteiger partial charge in [0.15, 0.2) is 0 Å². The maximum absolute atomic E-state index is 13.5. The molecule has 0 bridgehead atoms. The van der Waals surface area contributed by atoms with Crippen LogP contribution in [0, 0.1) is 13.8 Å². The van der Waals surface area contributed by atoms with Gasteiger partial charge >= 0.3 is 0 Å². The van der Waals surface area contributed by atoms with Crippen LogP contribution in [0.2, 0.25) is 5.02 Å². The lowest BCUT2D eigenvalue weighted by atomic mass is 10.1. The fourth-order valence-electron chi connectivity index (χ4n) is 4.03. The quantitative estimate of drug-likeness (QED) is 0.437. The molecule has 8 heteroatoms. The number of nitrogens with one attached hydrogen (secondary N) is 2. The molecule has 0 unspecified atom stereocenters. The highest BCUT2D eigenvalue weighted by molar-refractivity contribution is 7.93. The summed E-state index contributed by atoms with van der Waals surface area (Å²) in [5, 5.41) is 3.16. The molecule has 3 aromatic carbocycles. The van der Waals surface area contributed by atoms with Gasteiger partial charge in [-0.05, 0) is 86.7 Å². The minimum Gasteiger partial charge on any atom is -0.370 e. The molecule has 0 radical (unpaired) electrons. The molecule has 6 nitrogen and oxygen atoms in total. The van der Waals surface area contributed by atoms with Gasteiger partial charge in [-0.2, -0.15) is 0 Å². The highest BCUT2D eigenvalue weighted by Crippen LogP contribution is 2.33. The number of aryl methyl sites for hydroxylation is 2. The van der Waals surface area contributed by atoms with Crippen molar-refractivity contribution in [3.8, 4) is 0 Å². The molecule has 2 N–H and O–H groups in total. The number of halogens is 1. The molecule has 0 atom stereocenters. The number of carbonyl (C=O) groups is 1. The average molecular weight is 498 g/mol. The number of rotatable bonds is 6. The first-order valence-electron chi connectivity index (χ1n) is 11.3. The van der Waals surface area contributed by atoms with Gasteiger partial charge < -0.3 is 10.2 Å². The summed E-state index contributed by atoms with van der Waals surface area (Å²) < 4.78 is 29.6. The summed E-state index contributed by atoms with van der Waals surface area (Å²) in [6, 6.07) is 17.2. The number of hydrogen-bond acceptors (Lipinski definition) is 4. The van der Waals surface area contributed by atoms with Crippen LogP contribution in [0.4, 0.5) is 17.1 Å². The number of amides is 1. The first kappa shape index (κ1) is 24.1. The van der Waals surface area contributed by atoms with E-state index in [4.69, 9.17) is 11.6 Å². The van der Waals surface area contributed by atoms with Crippen LogP contribution < -0.4 is 14.9 Å². The van der Waals surface area contributed by atoms with Crippen LogP contribution in [-0.4, -0.2) is 27.4 Å². The van der Waals surface area contributed by atoms with Crippen molar-refractivity contribution in [2.24, 2.45) is 0 Å². The highest BCUT2D eigenvalue weighted by Gasteiger charge is 2.25. The Bertz CT molecular complexity index is 1320. The Kier molecular flexibility index (Phi) is 7.14. The van der Waals surface area contributed by atoms with Crippen molar-refractivity contribution in [1.29, 1.82) is 0 Å². The molecule has 34 heavy (non-hydrogen) atoms. The van der Waals surface area contributed by atoms with E-state index < -0.39 is 10.0 Å². The predicted molar refractivity (Wildman–Crippen MR) is 139 cm³/mol. The number of piperidine rings is 1.